The van der Waals surface area contributed by atoms with E-state index in [4.69, 9.17) is 0 Å². The molecule has 2 rings (SSSR count). The third-order valence-corrected chi connectivity index (χ3v) is 3.20. The number of benzene rings is 2. The minimum atomic E-state index is 0.447. The first kappa shape index (κ1) is 13.6. The maximum Gasteiger partial charge on any atom is 0.0151 e. The first-order valence-electron chi connectivity index (χ1n) is 6.80. The standard InChI is InChI=1S/C18H21N/c1-2-13-19-18(14-16-9-5-3-6-10-16)15-17-11-7-4-8-12-17/h2-12,18-19H,1,13-15H2. The lowest BCUT2D eigenvalue weighted by Gasteiger charge is -2.18. The number of hydrogen-bond acceptors (Lipinski definition) is 1. The van der Waals surface area contributed by atoms with Crippen molar-refractivity contribution < 1.29 is 0 Å². The number of rotatable bonds is 7. The van der Waals surface area contributed by atoms with Crippen LogP contribution in [0.4, 0.5) is 0 Å². The van der Waals surface area contributed by atoms with Crippen LogP contribution in [0.2, 0.25) is 0 Å². The molecule has 0 aliphatic carbocycles. The minimum Gasteiger partial charge on any atom is -0.310 e. The second-order valence-electron chi connectivity index (χ2n) is 4.77. The van der Waals surface area contributed by atoms with Crippen LogP contribution in [-0.4, -0.2) is 12.6 Å². The van der Waals surface area contributed by atoms with Gasteiger partial charge in [-0.1, -0.05) is 66.7 Å². The van der Waals surface area contributed by atoms with Crippen LogP contribution >= 0.6 is 0 Å². The van der Waals surface area contributed by atoms with Crippen LogP contribution in [0.3, 0.4) is 0 Å². The zero-order chi connectivity index (χ0) is 13.3. The lowest BCUT2D eigenvalue weighted by molar-refractivity contribution is 0.534. The third-order valence-electron chi connectivity index (χ3n) is 3.20. The molecule has 0 aliphatic rings. The summed E-state index contributed by atoms with van der Waals surface area (Å²) >= 11 is 0. The summed E-state index contributed by atoms with van der Waals surface area (Å²) in [6.45, 7) is 4.64. The van der Waals surface area contributed by atoms with Crippen molar-refractivity contribution in [2.24, 2.45) is 0 Å². The van der Waals surface area contributed by atoms with E-state index in [0.29, 0.717) is 6.04 Å². The van der Waals surface area contributed by atoms with Crippen LogP contribution in [0.15, 0.2) is 73.3 Å². The zero-order valence-corrected chi connectivity index (χ0v) is 11.3. The fourth-order valence-electron chi connectivity index (χ4n) is 2.26. The molecule has 0 spiro atoms. The average molecular weight is 251 g/mol. The summed E-state index contributed by atoms with van der Waals surface area (Å²) in [7, 11) is 0. The van der Waals surface area contributed by atoms with Crippen molar-refractivity contribution in [3.63, 3.8) is 0 Å². The molecule has 0 atom stereocenters. The van der Waals surface area contributed by atoms with Gasteiger partial charge in [0.1, 0.15) is 0 Å². The molecule has 0 amide bonds. The molecule has 0 heterocycles. The zero-order valence-electron chi connectivity index (χ0n) is 11.3. The largest absolute Gasteiger partial charge is 0.310 e. The predicted octanol–water partition coefficient (Wildman–Crippen LogP) is 3.62. The molecular weight excluding hydrogens is 230 g/mol. The Kier molecular flexibility index (Phi) is 5.39. The summed E-state index contributed by atoms with van der Waals surface area (Å²) in [6.07, 6.45) is 4.01. The SMILES string of the molecule is C=CCNC(Cc1ccccc1)Cc1ccccc1. The van der Waals surface area contributed by atoms with E-state index in [1.807, 2.05) is 6.08 Å². The number of nitrogens with one attached hydrogen (secondary N) is 1. The van der Waals surface area contributed by atoms with Crippen LogP contribution in [0.5, 0.6) is 0 Å². The van der Waals surface area contributed by atoms with Gasteiger partial charge in [-0.3, -0.25) is 0 Å². The second-order valence-corrected chi connectivity index (χ2v) is 4.77. The van der Waals surface area contributed by atoms with Gasteiger partial charge in [0.25, 0.3) is 0 Å². The molecule has 0 fully saturated rings. The Morgan fingerprint density at radius 1 is 0.842 bits per heavy atom. The van der Waals surface area contributed by atoms with Crippen LogP contribution in [0.1, 0.15) is 11.1 Å². The topological polar surface area (TPSA) is 12.0 Å². The van der Waals surface area contributed by atoms with Crippen LogP contribution < -0.4 is 5.32 Å². The van der Waals surface area contributed by atoms with Gasteiger partial charge in [-0.15, -0.1) is 6.58 Å². The summed E-state index contributed by atoms with van der Waals surface area (Å²) in [5, 5.41) is 3.55. The van der Waals surface area contributed by atoms with E-state index >= 15 is 0 Å². The summed E-state index contributed by atoms with van der Waals surface area (Å²) in [4.78, 5) is 0. The van der Waals surface area contributed by atoms with E-state index in [1.165, 1.54) is 11.1 Å². The highest BCUT2D eigenvalue weighted by molar-refractivity contribution is 5.19. The Balaban J connectivity index is 2.01. The van der Waals surface area contributed by atoms with E-state index in [1.54, 1.807) is 0 Å². The van der Waals surface area contributed by atoms with Gasteiger partial charge in [-0.2, -0.15) is 0 Å². The third kappa shape index (κ3) is 4.72. The van der Waals surface area contributed by atoms with Crippen LogP contribution in [0, 0.1) is 0 Å². The molecule has 0 bridgehead atoms. The molecule has 1 nitrogen and oxygen atoms in total. The van der Waals surface area contributed by atoms with Gasteiger partial charge in [0.05, 0.1) is 0 Å². The van der Waals surface area contributed by atoms with Gasteiger partial charge in [0.2, 0.25) is 0 Å². The first-order valence-corrected chi connectivity index (χ1v) is 6.80. The highest BCUT2D eigenvalue weighted by atomic mass is 14.9. The molecule has 0 saturated heterocycles. The molecule has 0 aromatic heterocycles. The number of hydrogen-bond donors (Lipinski definition) is 1. The average Bonchev–Trinajstić information content (AvgIpc) is 2.47. The van der Waals surface area contributed by atoms with Crippen molar-refractivity contribution in [3.05, 3.63) is 84.4 Å². The van der Waals surface area contributed by atoms with E-state index in [2.05, 4.69) is 72.6 Å². The fraction of sp³-hybridized carbons (Fsp3) is 0.222. The van der Waals surface area contributed by atoms with Gasteiger partial charge in [-0.25, -0.2) is 0 Å². The predicted molar refractivity (Wildman–Crippen MR) is 82.3 cm³/mol. The van der Waals surface area contributed by atoms with E-state index in [0.717, 1.165) is 19.4 Å². The van der Waals surface area contributed by atoms with Crippen LogP contribution in [-0.2, 0) is 12.8 Å². The van der Waals surface area contributed by atoms with Gasteiger partial charge in [-0.05, 0) is 24.0 Å². The van der Waals surface area contributed by atoms with Crippen molar-refractivity contribution in [2.75, 3.05) is 6.54 Å². The molecule has 2 aromatic rings. The lowest BCUT2D eigenvalue weighted by atomic mass is 9.99. The van der Waals surface area contributed by atoms with Crippen molar-refractivity contribution in [2.45, 2.75) is 18.9 Å². The Hall–Kier alpha value is -1.86. The summed E-state index contributed by atoms with van der Waals surface area (Å²) in [5.41, 5.74) is 2.75. The van der Waals surface area contributed by atoms with Crippen molar-refractivity contribution in [1.29, 1.82) is 0 Å². The Morgan fingerprint density at radius 3 is 1.74 bits per heavy atom. The van der Waals surface area contributed by atoms with Gasteiger partial charge < -0.3 is 5.32 Å². The Morgan fingerprint density at radius 2 is 1.32 bits per heavy atom. The van der Waals surface area contributed by atoms with Crippen molar-refractivity contribution in [1.82, 2.24) is 5.32 Å². The highest BCUT2D eigenvalue weighted by Gasteiger charge is 2.09. The quantitative estimate of drug-likeness (QED) is 0.741. The monoisotopic (exact) mass is 251 g/mol. The first-order chi connectivity index (χ1) is 9.38. The highest BCUT2D eigenvalue weighted by Crippen LogP contribution is 2.09. The normalized spacial score (nSPS) is 10.6. The van der Waals surface area contributed by atoms with E-state index in [-0.39, 0.29) is 0 Å². The molecule has 19 heavy (non-hydrogen) atoms. The van der Waals surface area contributed by atoms with Gasteiger partial charge >= 0.3 is 0 Å². The fourth-order valence-corrected chi connectivity index (χ4v) is 2.26. The molecule has 1 heteroatoms. The van der Waals surface area contributed by atoms with Gasteiger partial charge in [0, 0.05) is 12.6 Å². The molecule has 0 radical (unpaired) electrons. The van der Waals surface area contributed by atoms with E-state index < -0.39 is 0 Å². The Bertz CT molecular complexity index is 434. The molecule has 2 aromatic carbocycles. The maximum atomic E-state index is 3.78. The summed E-state index contributed by atoms with van der Waals surface area (Å²) < 4.78 is 0. The molecule has 0 saturated carbocycles. The minimum absolute atomic E-state index is 0.447. The molecule has 0 aliphatic heterocycles. The van der Waals surface area contributed by atoms with Crippen molar-refractivity contribution >= 4 is 0 Å². The van der Waals surface area contributed by atoms with Gasteiger partial charge in [0.15, 0.2) is 0 Å². The van der Waals surface area contributed by atoms with E-state index in [9.17, 15) is 0 Å². The van der Waals surface area contributed by atoms with Crippen LogP contribution in [0.25, 0.3) is 0 Å². The summed E-state index contributed by atoms with van der Waals surface area (Å²) in [6, 6.07) is 21.7. The smallest absolute Gasteiger partial charge is 0.0151 e. The molecule has 0 unspecified atom stereocenters. The molecule has 1 N–H and O–H groups in total. The molecular formula is C18H21N. The second kappa shape index (κ2) is 7.55. The lowest BCUT2D eigenvalue weighted by Crippen LogP contribution is -2.33. The maximum absolute atomic E-state index is 3.78. The molecule has 98 valence electrons. The Labute approximate surface area is 116 Å². The van der Waals surface area contributed by atoms with Crippen molar-refractivity contribution in [3.8, 4) is 0 Å². The summed E-state index contributed by atoms with van der Waals surface area (Å²) in [5.74, 6) is 0.